The highest BCUT2D eigenvalue weighted by atomic mass is 16.7. The van der Waals surface area contributed by atoms with Gasteiger partial charge in [-0.3, -0.25) is 0 Å². The zero-order chi connectivity index (χ0) is 14.2. The minimum atomic E-state index is -0.480. The van der Waals surface area contributed by atoms with E-state index in [0.717, 1.165) is 13.0 Å². The van der Waals surface area contributed by atoms with Gasteiger partial charge in [0.15, 0.2) is 5.79 Å². The molecule has 1 rings (SSSR count). The van der Waals surface area contributed by atoms with Crippen LogP contribution in [0.5, 0.6) is 0 Å². The van der Waals surface area contributed by atoms with Gasteiger partial charge in [0.25, 0.3) is 0 Å². The van der Waals surface area contributed by atoms with Crippen molar-refractivity contribution in [3.63, 3.8) is 0 Å². The molecular weight excluding hydrogens is 228 g/mol. The van der Waals surface area contributed by atoms with Gasteiger partial charge in [-0.15, -0.1) is 0 Å². The summed E-state index contributed by atoms with van der Waals surface area (Å²) >= 11 is 0. The van der Waals surface area contributed by atoms with Crippen LogP contribution in [0.15, 0.2) is 11.9 Å². The Morgan fingerprint density at radius 3 is 2.56 bits per heavy atom. The number of nitrogens with one attached hydrogen (secondary N) is 1. The van der Waals surface area contributed by atoms with Gasteiger partial charge in [-0.25, -0.2) is 0 Å². The number of hydrogen-bond donors (Lipinski definition) is 1. The largest absolute Gasteiger partial charge is 0.385 e. The molecule has 0 amide bonds. The Hall–Kier alpha value is -0.740. The van der Waals surface area contributed by atoms with E-state index in [1.807, 2.05) is 27.7 Å². The highest BCUT2D eigenvalue weighted by molar-refractivity contribution is 5.01. The predicted molar refractivity (Wildman–Crippen MR) is 76.3 cm³/mol. The van der Waals surface area contributed by atoms with Crippen molar-refractivity contribution in [2.75, 3.05) is 27.3 Å². The van der Waals surface area contributed by atoms with Gasteiger partial charge in [-0.1, -0.05) is 13.8 Å². The predicted octanol–water partition coefficient (Wildman–Crippen LogP) is 2.57. The molecule has 1 unspecified atom stereocenters. The number of likely N-dealkylation sites (N-methyl/N-ethyl adjacent to an activating group) is 1. The Morgan fingerprint density at radius 1 is 1.44 bits per heavy atom. The summed E-state index contributed by atoms with van der Waals surface area (Å²) in [5.74, 6) is -0.480. The lowest BCUT2D eigenvalue weighted by Crippen LogP contribution is -2.42. The molecule has 1 atom stereocenters. The van der Waals surface area contributed by atoms with E-state index in [2.05, 4.69) is 30.4 Å². The fourth-order valence-electron chi connectivity index (χ4n) is 1.68. The number of nitrogens with zero attached hydrogens (tertiary/aromatic N) is 1. The molecule has 0 fully saturated rings. The SMILES string of the molecule is CC.COC(C)(C)OCCC1CNC(C)=CN1C. The number of methoxy groups -OCH3 is 1. The summed E-state index contributed by atoms with van der Waals surface area (Å²) in [6.07, 6.45) is 3.13. The Balaban J connectivity index is 0.00000137. The summed E-state index contributed by atoms with van der Waals surface area (Å²) in [6.45, 7) is 11.6. The molecule has 4 heteroatoms. The second-order valence-electron chi connectivity index (χ2n) is 4.75. The monoisotopic (exact) mass is 258 g/mol. The van der Waals surface area contributed by atoms with Crippen molar-refractivity contribution in [3.05, 3.63) is 11.9 Å². The molecule has 0 aliphatic carbocycles. The summed E-state index contributed by atoms with van der Waals surface area (Å²) in [5.41, 5.74) is 1.22. The number of rotatable bonds is 5. The van der Waals surface area contributed by atoms with Crippen LogP contribution in [-0.4, -0.2) is 44.0 Å². The molecule has 18 heavy (non-hydrogen) atoms. The molecule has 0 saturated carbocycles. The van der Waals surface area contributed by atoms with E-state index in [1.54, 1.807) is 7.11 Å². The normalized spacial score (nSPS) is 19.6. The lowest BCUT2D eigenvalue weighted by atomic mass is 10.1. The van der Waals surface area contributed by atoms with Gasteiger partial charge >= 0.3 is 0 Å². The van der Waals surface area contributed by atoms with E-state index in [1.165, 1.54) is 5.70 Å². The lowest BCUT2D eigenvalue weighted by molar-refractivity contribution is -0.198. The molecule has 0 aromatic heterocycles. The van der Waals surface area contributed by atoms with Crippen LogP contribution in [0.3, 0.4) is 0 Å². The van der Waals surface area contributed by atoms with Gasteiger partial charge < -0.3 is 19.7 Å². The topological polar surface area (TPSA) is 33.7 Å². The molecule has 1 aliphatic rings. The van der Waals surface area contributed by atoms with Crippen molar-refractivity contribution in [1.82, 2.24) is 10.2 Å². The molecule has 108 valence electrons. The van der Waals surface area contributed by atoms with Crippen LogP contribution in [0.2, 0.25) is 0 Å². The second kappa shape index (κ2) is 8.38. The standard InChI is InChI=1S/C12H24N2O2.C2H6/c1-10-9-14(4)11(8-13-10)6-7-16-12(2,3)15-5;1-2/h9,11,13H,6-8H2,1-5H3;1-2H3. The Kier molecular flexibility index (Phi) is 8.03. The van der Waals surface area contributed by atoms with E-state index in [4.69, 9.17) is 9.47 Å². The zero-order valence-corrected chi connectivity index (χ0v) is 13.0. The van der Waals surface area contributed by atoms with Crippen molar-refractivity contribution in [2.45, 2.75) is 52.9 Å². The maximum Gasteiger partial charge on any atom is 0.162 e. The van der Waals surface area contributed by atoms with Gasteiger partial charge in [-0.05, 0) is 27.2 Å². The van der Waals surface area contributed by atoms with Crippen molar-refractivity contribution >= 4 is 0 Å². The first-order valence-corrected chi connectivity index (χ1v) is 6.78. The molecule has 1 heterocycles. The number of ether oxygens (including phenoxy) is 2. The molecule has 0 saturated heterocycles. The van der Waals surface area contributed by atoms with Gasteiger partial charge in [-0.2, -0.15) is 0 Å². The fourth-order valence-corrected chi connectivity index (χ4v) is 1.68. The summed E-state index contributed by atoms with van der Waals surface area (Å²) < 4.78 is 10.9. The molecule has 0 aromatic rings. The zero-order valence-electron chi connectivity index (χ0n) is 13.0. The van der Waals surface area contributed by atoms with Crippen LogP contribution in [0, 0.1) is 0 Å². The van der Waals surface area contributed by atoms with Crippen LogP contribution in [-0.2, 0) is 9.47 Å². The van der Waals surface area contributed by atoms with E-state index >= 15 is 0 Å². The number of allylic oxidation sites excluding steroid dienone is 1. The third kappa shape index (κ3) is 6.26. The minimum absolute atomic E-state index is 0.480. The van der Waals surface area contributed by atoms with Gasteiger partial charge in [0.2, 0.25) is 0 Å². The molecule has 0 spiro atoms. The van der Waals surface area contributed by atoms with Crippen LogP contribution < -0.4 is 5.32 Å². The number of hydrogen-bond acceptors (Lipinski definition) is 4. The van der Waals surface area contributed by atoms with Crippen molar-refractivity contribution in [3.8, 4) is 0 Å². The highest BCUT2D eigenvalue weighted by Crippen LogP contribution is 2.13. The second-order valence-corrected chi connectivity index (χ2v) is 4.75. The third-order valence-electron chi connectivity index (χ3n) is 2.98. The van der Waals surface area contributed by atoms with E-state index < -0.39 is 5.79 Å². The van der Waals surface area contributed by atoms with E-state index in [9.17, 15) is 0 Å². The molecule has 0 bridgehead atoms. The first kappa shape index (κ1) is 17.3. The van der Waals surface area contributed by atoms with Crippen LogP contribution >= 0.6 is 0 Å². The summed E-state index contributed by atoms with van der Waals surface area (Å²) in [5, 5.41) is 3.36. The lowest BCUT2D eigenvalue weighted by Gasteiger charge is -2.33. The highest BCUT2D eigenvalue weighted by Gasteiger charge is 2.20. The molecular formula is C14H30N2O2. The molecule has 1 aliphatic heterocycles. The van der Waals surface area contributed by atoms with E-state index in [-0.39, 0.29) is 0 Å². The quantitative estimate of drug-likeness (QED) is 0.769. The van der Waals surface area contributed by atoms with Crippen molar-refractivity contribution in [2.24, 2.45) is 0 Å². The summed E-state index contributed by atoms with van der Waals surface area (Å²) in [6, 6.07) is 0.497. The summed E-state index contributed by atoms with van der Waals surface area (Å²) in [7, 11) is 3.77. The smallest absolute Gasteiger partial charge is 0.162 e. The molecule has 1 N–H and O–H groups in total. The van der Waals surface area contributed by atoms with Crippen LogP contribution in [0.25, 0.3) is 0 Å². The van der Waals surface area contributed by atoms with Crippen LogP contribution in [0.4, 0.5) is 0 Å². The summed E-state index contributed by atoms with van der Waals surface area (Å²) in [4.78, 5) is 2.25. The van der Waals surface area contributed by atoms with Gasteiger partial charge in [0.05, 0.1) is 6.61 Å². The average Bonchev–Trinajstić information content (AvgIpc) is 2.34. The van der Waals surface area contributed by atoms with Crippen molar-refractivity contribution < 1.29 is 9.47 Å². The molecule has 4 nitrogen and oxygen atoms in total. The van der Waals surface area contributed by atoms with Crippen molar-refractivity contribution in [1.29, 1.82) is 0 Å². The van der Waals surface area contributed by atoms with Gasteiger partial charge in [0.1, 0.15) is 0 Å². The third-order valence-corrected chi connectivity index (χ3v) is 2.98. The van der Waals surface area contributed by atoms with E-state index in [0.29, 0.717) is 12.6 Å². The van der Waals surface area contributed by atoms with Gasteiger partial charge in [0, 0.05) is 38.6 Å². The minimum Gasteiger partial charge on any atom is -0.385 e. The Labute approximate surface area is 112 Å². The first-order chi connectivity index (χ1) is 8.44. The van der Waals surface area contributed by atoms with Crippen LogP contribution in [0.1, 0.15) is 41.0 Å². The molecule has 0 aromatic carbocycles. The first-order valence-electron chi connectivity index (χ1n) is 6.78. The Morgan fingerprint density at radius 2 is 2.06 bits per heavy atom. The molecule has 0 radical (unpaired) electrons. The Bertz CT molecular complexity index is 252. The maximum atomic E-state index is 5.66. The maximum absolute atomic E-state index is 5.66. The average molecular weight is 258 g/mol. The fraction of sp³-hybridized carbons (Fsp3) is 0.857.